The van der Waals surface area contributed by atoms with Crippen molar-refractivity contribution < 1.29 is 4.79 Å². The highest BCUT2D eigenvalue weighted by atomic mass is 32.1. The molecule has 1 aliphatic heterocycles. The Bertz CT molecular complexity index is 1400. The van der Waals surface area contributed by atoms with Gasteiger partial charge < -0.3 is 4.90 Å². The molecule has 5 rings (SSSR count). The van der Waals surface area contributed by atoms with E-state index in [1.54, 1.807) is 23.2 Å². The molecule has 0 saturated carbocycles. The van der Waals surface area contributed by atoms with Gasteiger partial charge in [-0.05, 0) is 6.07 Å². The summed E-state index contributed by atoms with van der Waals surface area (Å²) in [6, 6.07) is 14.2. The number of carbonyl (C=O) groups excluding carboxylic acids is 1. The number of carbonyl (C=O) groups is 1. The third-order valence-corrected chi connectivity index (χ3v) is 6.44. The van der Waals surface area contributed by atoms with Gasteiger partial charge in [-0.3, -0.25) is 23.7 Å². The molecule has 0 N–H and O–H groups in total. The van der Waals surface area contributed by atoms with Crippen LogP contribution in [0.15, 0.2) is 69.7 Å². The van der Waals surface area contributed by atoms with Gasteiger partial charge in [0.05, 0.1) is 11.4 Å². The molecule has 1 aliphatic rings. The number of hydrogen-bond donors (Lipinski definition) is 0. The molecule has 33 heavy (non-hydrogen) atoms. The molecule has 0 atom stereocenters. The van der Waals surface area contributed by atoms with Crippen molar-refractivity contribution in [3.8, 4) is 11.3 Å². The van der Waals surface area contributed by atoms with Gasteiger partial charge in [-0.15, -0.1) is 11.3 Å². The summed E-state index contributed by atoms with van der Waals surface area (Å²) in [7, 11) is 0. The van der Waals surface area contributed by atoms with E-state index in [9.17, 15) is 14.4 Å². The van der Waals surface area contributed by atoms with Crippen molar-refractivity contribution in [1.82, 2.24) is 29.0 Å². The molecule has 0 aliphatic carbocycles. The number of hydrogen-bond acceptors (Lipinski definition) is 7. The second-order valence-electron chi connectivity index (χ2n) is 7.88. The molecule has 0 radical (unpaired) electrons. The Balaban J connectivity index is 1.21. The summed E-state index contributed by atoms with van der Waals surface area (Å²) in [5.74, 6) is -0.133. The van der Waals surface area contributed by atoms with Gasteiger partial charge in [0, 0.05) is 62.0 Å². The molecule has 168 valence electrons. The summed E-state index contributed by atoms with van der Waals surface area (Å²) < 4.78 is 2.76. The third kappa shape index (κ3) is 4.62. The van der Waals surface area contributed by atoms with E-state index < -0.39 is 0 Å². The number of fused-ring (bicyclic) bond motifs is 1. The molecule has 1 amide bonds. The average Bonchev–Trinajstić information content (AvgIpc) is 3.31. The van der Waals surface area contributed by atoms with Gasteiger partial charge in [0.2, 0.25) is 5.91 Å². The summed E-state index contributed by atoms with van der Waals surface area (Å²) in [5, 5.41) is 6.23. The standard InChI is InChI=1S/C23H22N6O3S/c30-20-7-6-19(17-4-2-1-3-5-17)25-29(20)16-22(32)27-10-8-26(9-11-27)15-18-14-21(31)28-12-13-33-23(28)24-18/h1-7,12-14H,8-11,15-16H2. The zero-order chi connectivity index (χ0) is 22.8. The summed E-state index contributed by atoms with van der Waals surface area (Å²) in [6.07, 6.45) is 1.72. The number of thiazole rings is 1. The molecule has 1 aromatic carbocycles. The second kappa shape index (κ2) is 9.08. The van der Waals surface area contributed by atoms with Crippen molar-refractivity contribution >= 4 is 22.2 Å². The van der Waals surface area contributed by atoms with Crippen LogP contribution in [0.1, 0.15) is 5.69 Å². The van der Waals surface area contributed by atoms with Crippen molar-refractivity contribution in [3.05, 3.63) is 86.5 Å². The molecule has 0 spiro atoms. The van der Waals surface area contributed by atoms with E-state index in [1.165, 1.54) is 26.5 Å². The molecular formula is C23H22N6O3S. The van der Waals surface area contributed by atoms with Crippen LogP contribution >= 0.6 is 11.3 Å². The Morgan fingerprint density at radius 2 is 1.76 bits per heavy atom. The molecule has 3 aromatic heterocycles. The first-order valence-corrected chi connectivity index (χ1v) is 11.5. The second-order valence-corrected chi connectivity index (χ2v) is 8.75. The number of benzene rings is 1. The van der Waals surface area contributed by atoms with Crippen molar-refractivity contribution in [2.24, 2.45) is 0 Å². The third-order valence-electron chi connectivity index (χ3n) is 5.69. The number of nitrogens with zero attached hydrogens (tertiary/aromatic N) is 6. The fourth-order valence-electron chi connectivity index (χ4n) is 3.91. The molecule has 1 fully saturated rings. The minimum absolute atomic E-state index is 0.0826. The van der Waals surface area contributed by atoms with Crippen LogP contribution in [0.5, 0.6) is 0 Å². The van der Waals surface area contributed by atoms with E-state index in [0.717, 1.165) is 11.3 Å². The van der Waals surface area contributed by atoms with Gasteiger partial charge in [0.1, 0.15) is 6.54 Å². The number of amides is 1. The highest BCUT2D eigenvalue weighted by Crippen LogP contribution is 2.14. The first-order valence-electron chi connectivity index (χ1n) is 10.7. The fraction of sp³-hybridized carbons (Fsp3) is 0.261. The summed E-state index contributed by atoms with van der Waals surface area (Å²) >= 11 is 1.43. The van der Waals surface area contributed by atoms with E-state index in [4.69, 9.17) is 0 Å². The van der Waals surface area contributed by atoms with Crippen LogP contribution in [0.3, 0.4) is 0 Å². The van der Waals surface area contributed by atoms with E-state index in [0.29, 0.717) is 43.4 Å². The maximum atomic E-state index is 12.8. The quantitative estimate of drug-likeness (QED) is 0.444. The van der Waals surface area contributed by atoms with Crippen LogP contribution < -0.4 is 11.1 Å². The minimum Gasteiger partial charge on any atom is -0.339 e. The normalized spacial score (nSPS) is 14.6. The van der Waals surface area contributed by atoms with Gasteiger partial charge in [-0.2, -0.15) is 5.10 Å². The molecule has 0 unspecified atom stereocenters. The molecule has 0 bridgehead atoms. The Morgan fingerprint density at radius 3 is 2.55 bits per heavy atom. The van der Waals surface area contributed by atoms with Crippen molar-refractivity contribution in [1.29, 1.82) is 0 Å². The highest BCUT2D eigenvalue weighted by molar-refractivity contribution is 7.15. The molecular weight excluding hydrogens is 440 g/mol. The smallest absolute Gasteiger partial charge is 0.267 e. The van der Waals surface area contributed by atoms with Crippen LogP contribution in [0.4, 0.5) is 0 Å². The fourth-order valence-corrected chi connectivity index (χ4v) is 4.65. The monoisotopic (exact) mass is 462 g/mol. The molecule has 4 aromatic rings. The first-order chi connectivity index (χ1) is 16.1. The Hall–Kier alpha value is -3.63. The lowest BCUT2D eigenvalue weighted by Crippen LogP contribution is -2.49. The maximum absolute atomic E-state index is 12.8. The molecule has 9 nitrogen and oxygen atoms in total. The van der Waals surface area contributed by atoms with Crippen molar-refractivity contribution in [2.75, 3.05) is 26.2 Å². The summed E-state index contributed by atoms with van der Waals surface area (Å²) in [6.45, 7) is 2.91. The maximum Gasteiger partial charge on any atom is 0.267 e. The van der Waals surface area contributed by atoms with Crippen LogP contribution in [0.25, 0.3) is 16.2 Å². The van der Waals surface area contributed by atoms with E-state index >= 15 is 0 Å². The largest absolute Gasteiger partial charge is 0.339 e. The lowest BCUT2D eigenvalue weighted by atomic mass is 10.1. The zero-order valence-electron chi connectivity index (χ0n) is 17.8. The van der Waals surface area contributed by atoms with Gasteiger partial charge in [-0.25, -0.2) is 9.67 Å². The van der Waals surface area contributed by atoms with Crippen LogP contribution in [0.2, 0.25) is 0 Å². The Kier molecular flexibility index (Phi) is 5.84. The number of piperazine rings is 1. The van der Waals surface area contributed by atoms with Gasteiger partial charge in [-0.1, -0.05) is 30.3 Å². The van der Waals surface area contributed by atoms with Crippen LogP contribution in [-0.2, 0) is 17.9 Å². The average molecular weight is 463 g/mol. The lowest BCUT2D eigenvalue weighted by Gasteiger charge is -2.34. The zero-order valence-corrected chi connectivity index (χ0v) is 18.6. The van der Waals surface area contributed by atoms with Crippen LogP contribution in [-0.4, -0.2) is 61.1 Å². The summed E-state index contributed by atoms with van der Waals surface area (Å²) in [4.78, 5) is 46.5. The lowest BCUT2D eigenvalue weighted by molar-refractivity contribution is -0.133. The summed E-state index contributed by atoms with van der Waals surface area (Å²) in [5.41, 5.74) is 1.89. The van der Waals surface area contributed by atoms with E-state index in [-0.39, 0.29) is 23.6 Å². The van der Waals surface area contributed by atoms with Gasteiger partial charge in [0.25, 0.3) is 11.1 Å². The SMILES string of the molecule is O=C(Cn1nc(-c2ccccc2)ccc1=O)N1CCN(Cc2cc(=O)n3ccsc3n2)CC1. The molecule has 4 heterocycles. The van der Waals surface area contributed by atoms with Gasteiger partial charge in [0.15, 0.2) is 4.96 Å². The predicted octanol–water partition coefficient (Wildman–Crippen LogP) is 1.32. The predicted molar refractivity (Wildman–Crippen MR) is 125 cm³/mol. The number of rotatable bonds is 5. The first kappa shape index (κ1) is 21.2. The highest BCUT2D eigenvalue weighted by Gasteiger charge is 2.22. The van der Waals surface area contributed by atoms with E-state index in [1.807, 2.05) is 35.7 Å². The minimum atomic E-state index is -0.303. The van der Waals surface area contributed by atoms with E-state index in [2.05, 4.69) is 15.0 Å². The van der Waals surface area contributed by atoms with Crippen LogP contribution in [0, 0.1) is 0 Å². The van der Waals surface area contributed by atoms with Gasteiger partial charge >= 0.3 is 0 Å². The molecule has 1 saturated heterocycles. The van der Waals surface area contributed by atoms with Crippen molar-refractivity contribution in [3.63, 3.8) is 0 Å². The molecule has 10 heteroatoms. The Morgan fingerprint density at radius 1 is 0.970 bits per heavy atom. The van der Waals surface area contributed by atoms with Crippen molar-refractivity contribution in [2.45, 2.75) is 13.1 Å². The Labute approximate surface area is 193 Å². The number of aromatic nitrogens is 4. The topological polar surface area (TPSA) is 92.8 Å².